The number of hydrogen-bond acceptors (Lipinski definition) is 6. The first-order valence-corrected chi connectivity index (χ1v) is 14.6. The monoisotopic (exact) mass is 598 g/mol. The van der Waals surface area contributed by atoms with E-state index in [4.69, 9.17) is 4.74 Å². The summed E-state index contributed by atoms with van der Waals surface area (Å²) in [4.78, 5) is 43.6. The number of aromatic nitrogens is 2. The van der Waals surface area contributed by atoms with Crippen molar-refractivity contribution in [2.24, 2.45) is 13.0 Å². The second-order valence-electron chi connectivity index (χ2n) is 11.4. The molecule has 0 bridgehead atoms. The first kappa shape index (κ1) is 30.6. The third-order valence-electron chi connectivity index (χ3n) is 8.01. The summed E-state index contributed by atoms with van der Waals surface area (Å²) in [7, 11) is 3.37. The van der Waals surface area contributed by atoms with E-state index in [1.54, 1.807) is 62.0 Å². The number of hydrogen-bond donors (Lipinski definition) is 3. The van der Waals surface area contributed by atoms with Gasteiger partial charge in [0.2, 0.25) is 0 Å². The van der Waals surface area contributed by atoms with Gasteiger partial charge in [0.05, 0.1) is 41.8 Å². The molecule has 0 radical (unpaired) electrons. The number of anilines is 2. The number of carbonyl (C=O) groups excluding carboxylic acids is 3. The predicted molar refractivity (Wildman–Crippen MR) is 169 cm³/mol. The maximum Gasteiger partial charge on any atom is 0.321 e. The highest BCUT2D eigenvalue weighted by Crippen LogP contribution is 2.35. The minimum Gasteiger partial charge on any atom is -0.485 e. The van der Waals surface area contributed by atoms with Gasteiger partial charge in [-0.3, -0.25) is 14.3 Å². The highest BCUT2D eigenvalue weighted by Gasteiger charge is 2.35. The molecule has 0 aliphatic carbocycles. The molecule has 0 spiro atoms. The molecule has 4 amide bonds. The molecule has 230 valence electrons. The maximum absolute atomic E-state index is 13.8. The number of aryl methyl sites for hydroxylation is 2. The highest BCUT2D eigenvalue weighted by molar-refractivity contribution is 6.06. The normalized spacial score (nSPS) is 17.2. The number of ether oxygens (including phenoxy) is 1. The fourth-order valence-corrected chi connectivity index (χ4v) is 5.47. The molecule has 5 rings (SSSR count). The predicted octanol–water partition coefficient (Wildman–Crippen LogP) is 4.52. The SMILES string of the molecule is Cc1cc(C(=O)Nc2cccc3c2O[C@@H](CN(C)C(=O)Nc2cccc4ccccc24)[C@H](C)CN([C@H](C)CO)C3=O)n(C)n1. The molecular formula is C33H38N6O5. The van der Waals surface area contributed by atoms with Crippen LogP contribution in [0.2, 0.25) is 0 Å². The Kier molecular flexibility index (Phi) is 8.86. The van der Waals surface area contributed by atoms with Gasteiger partial charge in [-0.25, -0.2) is 4.79 Å². The lowest BCUT2D eigenvalue weighted by Gasteiger charge is -2.38. The summed E-state index contributed by atoms with van der Waals surface area (Å²) in [6.45, 7) is 5.79. The minimum atomic E-state index is -0.560. The van der Waals surface area contributed by atoms with Crippen LogP contribution in [0.4, 0.5) is 16.2 Å². The molecule has 4 aromatic rings. The summed E-state index contributed by atoms with van der Waals surface area (Å²) in [5, 5.41) is 22.1. The molecule has 0 fully saturated rings. The Hall–Kier alpha value is -4.90. The summed E-state index contributed by atoms with van der Waals surface area (Å²) in [5.74, 6) is -0.755. The molecule has 11 nitrogen and oxygen atoms in total. The van der Waals surface area contributed by atoms with E-state index in [0.29, 0.717) is 29.3 Å². The minimum absolute atomic E-state index is 0.190. The van der Waals surface area contributed by atoms with Gasteiger partial charge < -0.3 is 30.3 Å². The van der Waals surface area contributed by atoms with Crippen molar-refractivity contribution in [2.45, 2.75) is 32.9 Å². The van der Waals surface area contributed by atoms with E-state index >= 15 is 0 Å². The smallest absolute Gasteiger partial charge is 0.321 e. The Morgan fingerprint density at radius 3 is 2.52 bits per heavy atom. The van der Waals surface area contributed by atoms with Crippen molar-refractivity contribution < 1.29 is 24.2 Å². The van der Waals surface area contributed by atoms with Gasteiger partial charge in [0, 0.05) is 31.9 Å². The second-order valence-corrected chi connectivity index (χ2v) is 11.4. The van der Waals surface area contributed by atoms with Crippen LogP contribution in [-0.4, -0.2) is 81.4 Å². The quantitative estimate of drug-likeness (QED) is 0.287. The molecule has 1 aliphatic rings. The van der Waals surface area contributed by atoms with E-state index in [1.165, 1.54) is 4.68 Å². The number of nitrogens with zero attached hydrogens (tertiary/aromatic N) is 4. The molecule has 3 atom stereocenters. The molecule has 3 N–H and O–H groups in total. The van der Waals surface area contributed by atoms with Crippen LogP contribution < -0.4 is 15.4 Å². The molecule has 1 aromatic heterocycles. The Labute approximate surface area is 256 Å². The van der Waals surface area contributed by atoms with Crippen molar-refractivity contribution in [3.63, 3.8) is 0 Å². The Morgan fingerprint density at radius 1 is 1.09 bits per heavy atom. The molecule has 0 saturated carbocycles. The number of amides is 4. The summed E-state index contributed by atoms with van der Waals surface area (Å²) >= 11 is 0. The molecule has 44 heavy (non-hydrogen) atoms. The van der Waals surface area contributed by atoms with Gasteiger partial charge in [-0.2, -0.15) is 5.10 Å². The Bertz CT molecular complexity index is 1700. The lowest BCUT2D eigenvalue weighted by atomic mass is 9.99. The molecule has 0 unspecified atom stereocenters. The van der Waals surface area contributed by atoms with Gasteiger partial charge in [0.15, 0.2) is 5.75 Å². The molecule has 2 heterocycles. The van der Waals surface area contributed by atoms with E-state index in [1.807, 2.05) is 49.4 Å². The summed E-state index contributed by atoms with van der Waals surface area (Å²) in [5.41, 5.74) is 2.31. The van der Waals surface area contributed by atoms with Crippen molar-refractivity contribution in [2.75, 3.05) is 37.4 Å². The molecule has 0 saturated heterocycles. The number of aliphatic hydroxyl groups excluding tert-OH is 1. The van der Waals surface area contributed by atoms with Crippen molar-refractivity contribution in [1.82, 2.24) is 19.6 Å². The van der Waals surface area contributed by atoms with Crippen LogP contribution in [0.5, 0.6) is 5.75 Å². The second kappa shape index (κ2) is 12.8. The number of aliphatic hydroxyl groups is 1. The maximum atomic E-state index is 13.8. The number of para-hydroxylation sites is 1. The zero-order valence-corrected chi connectivity index (χ0v) is 25.6. The van der Waals surface area contributed by atoms with Gasteiger partial charge in [-0.15, -0.1) is 0 Å². The summed E-state index contributed by atoms with van der Waals surface area (Å²) < 4.78 is 8.05. The average molecular weight is 599 g/mol. The van der Waals surface area contributed by atoms with E-state index in [2.05, 4.69) is 15.7 Å². The van der Waals surface area contributed by atoms with Gasteiger partial charge in [0.25, 0.3) is 11.8 Å². The standard InChI is InChI=1S/C33H38N6O5/c1-20-17-39(22(3)19-40)32(42)25-13-9-15-27(34-31(41)28-16-21(2)36-38(28)5)30(25)44-29(20)18-37(4)33(43)35-26-14-8-11-23-10-6-7-12-24(23)26/h6-16,20,22,29,40H,17-19H2,1-5H3,(H,34,41)(H,35,43)/t20-,22-,29+/m1/s1. The van der Waals surface area contributed by atoms with Gasteiger partial charge >= 0.3 is 6.03 Å². The van der Waals surface area contributed by atoms with Crippen LogP contribution in [0.3, 0.4) is 0 Å². The van der Waals surface area contributed by atoms with Crippen molar-refractivity contribution in [3.8, 4) is 5.75 Å². The van der Waals surface area contributed by atoms with E-state index in [-0.39, 0.29) is 42.3 Å². The lowest BCUT2D eigenvalue weighted by molar-refractivity contribution is 0.0372. The van der Waals surface area contributed by atoms with Gasteiger partial charge in [0.1, 0.15) is 11.8 Å². The number of nitrogens with one attached hydrogen (secondary N) is 2. The topological polar surface area (TPSA) is 129 Å². The third kappa shape index (κ3) is 6.23. The van der Waals surface area contributed by atoms with E-state index < -0.39 is 18.1 Å². The number of fused-ring (bicyclic) bond motifs is 2. The van der Waals surface area contributed by atoms with E-state index in [9.17, 15) is 19.5 Å². The zero-order valence-electron chi connectivity index (χ0n) is 25.6. The fourth-order valence-electron chi connectivity index (χ4n) is 5.47. The average Bonchev–Trinajstić information content (AvgIpc) is 3.36. The highest BCUT2D eigenvalue weighted by atomic mass is 16.5. The Balaban J connectivity index is 1.45. The number of urea groups is 1. The first-order valence-electron chi connectivity index (χ1n) is 14.6. The van der Waals surface area contributed by atoms with Gasteiger partial charge in [-0.1, -0.05) is 49.4 Å². The first-order chi connectivity index (χ1) is 21.1. The van der Waals surface area contributed by atoms with Crippen molar-refractivity contribution >= 4 is 40.0 Å². The number of carbonyl (C=O) groups is 3. The lowest BCUT2D eigenvalue weighted by Crippen LogP contribution is -2.50. The zero-order chi connectivity index (χ0) is 31.5. The van der Waals surface area contributed by atoms with Crippen LogP contribution in [-0.2, 0) is 7.05 Å². The fraction of sp³-hybridized carbons (Fsp3) is 0.333. The van der Waals surface area contributed by atoms with Crippen LogP contribution in [0.1, 0.15) is 40.4 Å². The van der Waals surface area contributed by atoms with Gasteiger partial charge in [-0.05, 0) is 43.5 Å². The third-order valence-corrected chi connectivity index (χ3v) is 8.01. The number of benzene rings is 3. The Morgan fingerprint density at radius 2 is 1.80 bits per heavy atom. The van der Waals surface area contributed by atoms with Crippen LogP contribution in [0, 0.1) is 12.8 Å². The molecule has 1 aliphatic heterocycles. The summed E-state index contributed by atoms with van der Waals surface area (Å²) in [6.07, 6.45) is -0.560. The number of rotatable bonds is 7. The van der Waals surface area contributed by atoms with E-state index in [0.717, 1.165) is 10.8 Å². The van der Waals surface area contributed by atoms with Crippen LogP contribution in [0.25, 0.3) is 10.8 Å². The van der Waals surface area contributed by atoms with Crippen molar-refractivity contribution in [1.29, 1.82) is 0 Å². The largest absolute Gasteiger partial charge is 0.485 e. The molecule has 11 heteroatoms. The van der Waals surface area contributed by atoms with Crippen LogP contribution >= 0.6 is 0 Å². The van der Waals surface area contributed by atoms with Crippen LogP contribution in [0.15, 0.2) is 66.7 Å². The number of likely N-dealkylation sites (N-methyl/N-ethyl adjacent to an activating group) is 1. The molecule has 3 aromatic carbocycles. The molecular weight excluding hydrogens is 560 g/mol. The van der Waals surface area contributed by atoms with Crippen molar-refractivity contribution in [3.05, 3.63) is 83.7 Å². The summed E-state index contributed by atoms with van der Waals surface area (Å²) in [6, 6.07) is 19.5.